The molecule has 0 bridgehead atoms. The average Bonchev–Trinajstić information content (AvgIpc) is 2.56. The smallest absolute Gasteiger partial charge is 0.311 e. The molecule has 0 unspecified atom stereocenters. The first-order valence-corrected chi connectivity index (χ1v) is 8.20. The molecule has 0 radical (unpaired) electrons. The molecule has 2 aliphatic rings. The molecule has 1 aromatic rings. The van der Waals surface area contributed by atoms with Gasteiger partial charge in [-0.2, -0.15) is 5.26 Å². The van der Waals surface area contributed by atoms with Gasteiger partial charge in [-0.3, -0.25) is 9.69 Å². The summed E-state index contributed by atoms with van der Waals surface area (Å²) in [6.45, 7) is 3.40. The Morgan fingerprint density at radius 2 is 2.09 bits per heavy atom. The van der Waals surface area contributed by atoms with Crippen LogP contribution in [0.4, 0.5) is 0 Å². The number of fused-ring (bicyclic) bond motifs is 1. The molecule has 2 fully saturated rings. The van der Waals surface area contributed by atoms with Gasteiger partial charge in [0, 0.05) is 19.1 Å². The molecular formula is C18H23N3O2. The number of hydrogen-bond donors (Lipinski definition) is 1. The fourth-order valence-corrected chi connectivity index (χ4v) is 4.13. The number of carbonyl (C=O) groups is 1. The SMILES string of the molecule is CN1CCC[C@]2(C(=O)O)CCN(Cc3ccc(C#N)cc3)C[C@@H]12. The number of rotatable bonds is 3. The largest absolute Gasteiger partial charge is 0.481 e. The monoisotopic (exact) mass is 313 g/mol. The van der Waals surface area contributed by atoms with Crippen molar-refractivity contribution in [1.29, 1.82) is 5.26 Å². The molecule has 2 atom stereocenters. The lowest BCUT2D eigenvalue weighted by Crippen LogP contribution is -2.62. The maximum Gasteiger partial charge on any atom is 0.311 e. The van der Waals surface area contributed by atoms with Crippen molar-refractivity contribution in [3.8, 4) is 6.07 Å². The van der Waals surface area contributed by atoms with E-state index in [1.165, 1.54) is 5.56 Å². The third-order valence-corrected chi connectivity index (χ3v) is 5.52. The van der Waals surface area contributed by atoms with Gasteiger partial charge in [0.2, 0.25) is 0 Å². The summed E-state index contributed by atoms with van der Waals surface area (Å²) in [5.41, 5.74) is 1.27. The van der Waals surface area contributed by atoms with Crippen molar-refractivity contribution in [1.82, 2.24) is 9.80 Å². The molecule has 0 aliphatic carbocycles. The molecule has 0 aromatic heterocycles. The minimum absolute atomic E-state index is 0.0841. The first-order chi connectivity index (χ1) is 11.0. The predicted octanol–water partition coefficient (Wildman–Crippen LogP) is 1.93. The number of carboxylic acid groups (broad SMARTS) is 1. The van der Waals surface area contributed by atoms with Crippen LogP contribution in [0.1, 0.15) is 30.4 Å². The van der Waals surface area contributed by atoms with Crippen LogP contribution < -0.4 is 0 Å². The Morgan fingerprint density at radius 3 is 2.74 bits per heavy atom. The van der Waals surface area contributed by atoms with E-state index in [9.17, 15) is 9.90 Å². The number of nitrogens with zero attached hydrogens (tertiary/aromatic N) is 3. The normalized spacial score (nSPS) is 28.8. The quantitative estimate of drug-likeness (QED) is 0.923. The van der Waals surface area contributed by atoms with Crippen LogP contribution in [0.25, 0.3) is 0 Å². The highest BCUT2D eigenvalue weighted by atomic mass is 16.4. The third kappa shape index (κ3) is 2.97. The van der Waals surface area contributed by atoms with E-state index in [4.69, 9.17) is 5.26 Å². The third-order valence-electron chi connectivity index (χ3n) is 5.52. The lowest BCUT2D eigenvalue weighted by Gasteiger charge is -2.51. The number of carboxylic acids is 1. The van der Waals surface area contributed by atoms with Crippen LogP contribution in [0, 0.1) is 16.7 Å². The summed E-state index contributed by atoms with van der Waals surface area (Å²) >= 11 is 0. The summed E-state index contributed by atoms with van der Waals surface area (Å²) in [5, 5.41) is 18.7. The van der Waals surface area contributed by atoms with E-state index in [-0.39, 0.29) is 6.04 Å². The van der Waals surface area contributed by atoms with Crippen LogP contribution in [-0.2, 0) is 11.3 Å². The molecule has 1 aromatic carbocycles. The van der Waals surface area contributed by atoms with Crippen LogP contribution in [-0.4, -0.2) is 53.6 Å². The Kier molecular flexibility index (Phi) is 4.38. The van der Waals surface area contributed by atoms with E-state index in [0.717, 1.165) is 39.0 Å². The molecule has 122 valence electrons. The number of piperidine rings is 2. The maximum absolute atomic E-state index is 11.9. The number of hydrogen-bond acceptors (Lipinski definition) is 4. The minimum Gasteiger partial charge on any atom is -0.481 e. The van der Waals surface area contributed by atoms with Crippen LogP contribution >= 0.6 is 0 Å². The number of likely N-dealkylation sites (tertiary alicyclic amines) is 2. The molecule has 0 amide bonds. The van der Waals surface area contributed by atoms with E-state index in [0.29, 0.717) is 12.0 Å². The highest BCUT2D eigenvalue weighted by Gasteiger charge is 2.52. The molecule has 0 spiro atoms. The summed E-state index contributed by atoms with van der Waals surface area (Å²) in [6, 6.07) is 9.88. The van der Waals surface area contributed by atoms with Gasteiger partial charge >= 0.3 is 5.97 Å². The van der Waals surface area contributed by atoms with Crippen molar-refractivity contribution < 1.29 is 9.90 Å². The zero-order chi connectivity index (χ0) is 16.4. The van der Waals surface area contributed by atoms with Crippen molar-refractivity contribution in [2.75, 3.05) is 26.7 Å². The number of aliphatic carboxylic acids is 1. The van der Waals surface area contributed by atoms with Crippen LogP contribution in [0.2, 0.25) is 0 Å². The highest BCUT2D eigenvalue weighted by molar-refractivity contribution is 5.76. The lowest BCUT2D eigenvalue weighted by molar-refractivity contribution is -0.162. The van der Waals surface area contributed by atoms with Crippen molar-refractivity contribution >= 4 is 5.97 Å². The Hall–Kier alpha value is -1.90. The van der Waals surface area contributed by atoms with Gasteiger partial charge in [-0.25, -0.2) is 0 Å². The molecule has 0 saturated carbocycles. The van der Waals surface area contributed by atoms with Gasteiger partial charge in [-0.1, -0.05) is 12.1 Å². The molecule has 23 heavy (non-hydrogen) atoms. The Labute approximate surface area is 137 Å². The van der Waals surface area contributed by atoms with Gasteiger partial charge in [-0.15, -0.1) is 0 Å². The maximum atomic E-state index is 11.9. The van der Waals surface area contributed by atoms with Crippen LogP contribution in [0.3, 0.4) is 0 Å². The van der Waals surface area contributed by atoms with Crippen molar-refractivity contribution in [2.45, 2.75) is 31.8 Å². The molecule has 2 heterocycles. The van der Waals surface area contributed by atoms with Gasteiger partial charge in [0.05, 0.1) is 17.0 Å². The van der Waals surface area contributed by atoms with E-state index in [1.54, 1.807) is 0 Å². The van der Waals surface area contributed by atoms with Crippen molar-refractivity contribution in [3.05, 3.63) is 35.4 Å². The summed E-state index contributed by atoms with van der Waals surface area (Å²) in [4.78, 5) is 16.5. The van der Waals surface area contributed by atoms with E-state index < -0.39 is 11.4 Å². The van der Waals surface area contributed by atoms with E-state index in [1.807, 2.05) is 31.3 Å². The summed E-state index contributed by atoms with van der Waals surface area (Å²) in [6.07, 6.45) is 2.48. The van der Waals surface area contributed by atoms with Crippen molar-refractivity contribution in [2.24, 2.45) is 5.41 Å². The Bertz CT molecular complexity index is 622. The molecule has 5 heteroatoms. The fourth-order valence-electron chi connectivity index (χ4n) is 4.13. The summed E-state index contributed by atoms with van der Waals surface area (Å²) < 4.78 is 0. The van der Waals surface area contributed by atoms with Gasteiger partial charge < -0.3 is 10.0 Å². The van der Waals surface area contributed by atoms with Crippen LogP contribution in [0.5, 0.6) is 0 Å². The molecule has 2 saturated heterocycles. The topological polar surface area (TPSA) is 67.6 Å². The van der Waals surface area contributed by atoms with E-state index in [2.05, 4.69) is 15.9 Å². The highest BCUT2D eigenvalue weighted by Crippen LogP contribution is 2.42. The number of nitriles is 1. The zero-order valence-electron chi connectivity index (χ0n) is 13.5. The van der Waals surface area contributed by atoms with Gasteiger partial charge in [0.25, 0.3) is 0 Å². The second kappa shape index (κ2) is 6.31. The van der Waals surface area contributed by atoms with E-state index >= 15 is 0 Å². The first kappa shape index (κ1) is 16.0. The number of benzene rings is 1. The lowest BCUT2D eigenvalue weighted by atomic mass is 9.68. The molecule has 3 rings (SSSR count). The molecular weight excluding hydrogens is 290 g/mol. The Balaban J connectivity index is 1.72. The zero-order valence-corrected chi connectivity index (χ0v) is 13.5. The van der Waals surface area contributed by atoms with Gasteiger partial charge in [-0.05, 0) is 57.1 Å². The van der Waals surface area contributed by atoms with Crippen molar-refractivity contribution in [3.63, 3.8) is 0 Å². The standard InChI is InChI=1S/C18H23N3O2/c1-20-9-2-7-18(17(22)23)8-10-21(13-16(18)20)12-15-5-3-14(11-19)4-6-15/h3-6,16H,2,7-10,12-13H2,1H3,(H,22,23)/t16-,18+/m1/s1. The molecule has 2 aliphatic heterocycles. The average molecular weight is 313 g/mol. The minimum atomic E-state index is -0.632. The Morgan fingerprint density at radius 1 is 1.35 bits per heavy atom. The van der Waals surface area contributed by atoms with Crippen LogP contribution in [0.15, 0.2) is 24.3 Å². The summed E-state index contributed by atoms with van der Waals surface area (Å²) in [5.74, 6) is -0.632. The predicted molar refractivity (Wildman–Crippen MR) is 86.8 cm³/mol. The fraction of sp³-hybridized carbons (Fsp3) is 0.556. The number of likely N-dealkylation sites (N-methyl/N-ethyl adjacent to an activating group) is 1. The molecule has 1 N–H and O–H groups in total. The second-order valence-electron chi connectivity index (χ2n) is 6.86. The first-order valence-electron chi connectivity index (χ1n) is 8.20. The van der Waals surface area contributed by atoms with Gasteiger partial charge in [0.15, 0.2) is 0 Å². The summed E-state index contributed by atoms with van der Waals surface area (Å²) in [7, 11) is 2.05. The second-order valence-corrected chi connectivity index (χ2v) is 6.86. The molecule has 5 nitrogen and oxygen atoms in total. The van der Waals surface area contributed by atoms with Gasteiger partial charge in [0.1, 0.15) is 0 Å².